The van der Waals surface area contributed by atoms with Crippen LogP contribution in [0.3, 0.4) is 0 Å². The van der Waals surface area contributed by atoms with Crippen LogP contribution in [0.25, 0.3) is 0 Å². The summed E-state index contributed by atoms with van der Waals surface area (Å²) in [4.78, 5) is 16.2. The number of benzene rings is 1. The van der Waals surface area contributed by atoms with E-state index in [1.807, 2.05) is 37.4 Å². The summed E-state index contributed by atoms with van der Waals surface area (Å²) in [5, 5.41) is 11.8. The van der Waals surface area contributed by atoms with E-state index < -0.39 is 5.92 Å². The Morgan fingerprint density at radius 3 is 2.77 bits per heavy atom. The van der Waals surface area contributed by atoms with Gasteiger partial charge >= 0.3 is 0 Å². The van der Waals surface area contributed by atoms with Gasteiger partial charge in [-0.05, 0) is 56.2 Å². The van der Waals surface area contributed by atoms with Gasteiger partial charge in [-0.25, -0.2) is 8.78 Å². The number of carbonyl (C=O) groups is 1. The smallest absolute Gasteiger partial charge is 0.259 e. The van der Waals surface area contributed by atoms with E-state index in [2.05, 4.69) is 15.5 Å². The molecule has 0 bridgehead atoms. The molecule has 2 fully saturated rings. The number of aromatic nitrogens is 2. The first-order chi connectivity index (χ1) is 14.4. The maximum atomic E-state index is 13.9. The summed E-state index contributed by atoms with van der Waals surface area (Å²) in [6.45, 7) is 2.49. The van der Waals surface area contributed by atoms with Gasteiger partial charge in [0.1, 0.15) is 0 Å². The number of halogens is 2. The maximum absolute atomic E-state index is 13.9. The summed E-state index contributed by atoms with van der Waals surface area (Å²) in [6.07, 6.45) is 4.04. The summed E-state index contributed by atoms with van der Waals surface area (Å²) < 4.78 is 27.8. The van der Waals surface area contributed by atoms with Gasteiger partial charge < -0.3 is 10.2 Å². The van der Waals surface area contributed by atoms with Gasteiger partial charge in [0.25, 0.3) is 5.91 Å². The van der Waals surface area contributed by atoms with Crippen LogP contribution >= 0.6 is 11.8 Å². The molecule has 160 valence electrons. The number of hydrogen-bond donors (Lipinski definition) is 1. The number of hydrogen-bond acceptors (Lipinski definition) is 5. The normalized spacial score (nSPS) is 18.7. The summed E-state index contributed by atoms with van der Waals surface area (Å²) in [5.41, 5.74) is 2.80. The van der Waals surface area contributed by atoms with Gasteiger partial charge in [-0.2, -0.15) is 5.10 Å². The second-order valence-electron chi connectivity index (χ2n) is 8.07. The molecule has 0 unspecified atom stereocenters. The van der Waals surface area contributed by atoms with E-state index in [0.29, 0.717) is 36.0 Å². The second kappa shape index (κ2) is 8.49. The van der Waals surface area contributed by atoms with E-state index in [1.165, 1.54) is 0 Å². The van der Waals surface area contributed by atoms with Gasteiger partial charge in [0.15, 0.2) is 5.82 Å². The summed E-state index contributed by atoms with van der Waals surface area (Å²) in [5.74, 6) is -2.20. The van der Waals surface area contributed by atoms with Gasteiger partial charge in [0.2, 0.25) is 5.92 Å². The molecule has 2 aromatic rings. The lowest BCUT2D eigenvalue weighted by atomic mass is 10.0. The molecule has 1 saturated carbocycles. The fourth-order valence-electron chi connectivity index (χ4n) is 3.93. The van der Waals surface area contributed by atoms with Crippen LogP contribution in [0.5, 0.6) is 0 Å². The number of carbonyl (C=O) groups excluding carboxylic acids is 1. The average Bonchev–Trinajstić information content (AvgIpc) is 3.56. The summed E-state index contributed by atoms with van der Waals surface area (Å²) >= 11 is 1.60. The highest BCUT2D eigenvalue weighted by molar-refractivity contribution is 7.98. The topological polar surface area (TPSA) is 58.1 Å². The Labute approximate surface area is 179 Å². The number of nitrogens with zero attached hydrogens (tertiary/aromatic N) is 3. The molecular formula is C22H26F2N4OS. The Bertz CT molecular complexity index is 949. The molecular weight excluding hydrogens is 406 g/mol. The molecule has 1 aromatic heterocycles. The third-order valence-corrected chi connectivity index (χ3v) is 6.50. The fourth-order valence-corrected chi connectivity index (χ4v) is 4.39. The Balaban J connectivity index is 1.68. The van der Waals surface area contributed by atoms with Crippen molar-refractivity contribution in [1.29, 1.82) is 0 Å². The lowest BCUT2D eigenvalue weighted by Gasteiger charge is -2.25. The molecule has 1 N–H and O–H groups in total. The van der Waals surface area contributed by atoms with Crippen LogP contribution in [-0.2, 0) is 0 Å². The number of thioether (sulfide) groups is 1. The van der Waals surface area contributed by atoms with Crippen LogP contribution in [0.4, 0.5) is 20.3 Å². The molecule has 2 heterocycles. The van der Waals surface area contributed by atoms with Crippen molar-refractivity contribution in [2.75, 3.05) is 29.6 Å². The molecule has 8 heteroatoms. The molecule has 5 nitrogen and oxygen atoms in total. The zero-order valence-corrected chi connectivity index (χ0v) is 18.1. The minimum atomic E-state index is -2.67. The lowest BCUT2D eigenvalue weighted by Crippen LogP contribution is -2.30. The van der Waals surface area contributed by atoms with Crippen molar-refractivity contribution in [2.24, 2.45) is 0 Å². The standard InChI is InChI=1S/C22H26F2N4OS/c1-14-18(21(29)25-16-5-3-6-17(13-16)30-2)20(27-26-19(14)15-7-8-15)28-11-4-9-22(23,24)10-12-28/h3,5-6,13,15H,4,7-12H2,1-2H3,(H,25,29). The quantitative estimate of drug-likeness (QED) is 0.653. The van der Waals surface area contributed by atoms with Crippen LogP contribution < -0.4 is 10.2 Å². The summed E-state index contributed by atoms with van der Waals surface area (Å²) in [6, 6.07) is 7.64. The zero-order chi connectivity index (χ0) is 21.3. The zero-order valence-electron chi connectivity index (χ0n) is 17.3. The number of anilines is 2. The molecule has 2 aliphatic rings. The van der Waals surface area contributed by atoms with Crippen molar-refractivity contribution in [1.82, 2.24) is 10.2 Å². The number of rotatable bonds is 5. The van der Waals surface area contributed by atoms with Gasteiger partial charge in [-0.15, -0.1) is 16.9 Å². The Hall–Kier alpha value is -2.22. The predicted molar refractivity (Wildman–Crippen MR) is 116 cm³/mol. The number of amides is 1. The second-order valence-corrected chi connectivity index (χ2v) is 8.95. The minimum absolute atomic E-state index is 0.140. The molecule has 1 amide bonds. The van der Waals surface area contributed by atoms with Crippen LogP contribution in [0, 0.1) is 6.92 Å². The molecule has 0 radical (unpaired) electrons. The van der Waals surface area contributed by atoms with E-state index in [1.54, 1.807) is 16.7 Å². The number of nitrogens with one attached hydrogen (secondary N) is 1. The average molecular weight is 433 g/mol. The molecule has 1 aliphatic heterocycles. The first-order valence-electron chi connectivity index (χ1n) is 10.3. The maximum Gasteiger partial charge on any atom is 0.259 e. The molecule has 1 aromatic carbocycles. The first-order valence-corrected chi connectivity index (χ1v) is 11.6. The van der Waals surface area contributed by atoms with Gasteiger partial charge in [-0.3, -0.25) is 4.79 Å². The molecule has 30 heavy (non-hydrogen) atoms. The lowest BCUT2D eigenvalue weighted by molar-refractivity contribution is -0.0102. The minimum Gasteiger partial charge on any atom is -0.354 e. The fraction of sp³-hybridized carbons (Fsp3) is 0.500. The monoisotopic (exact) mass is 432 g/mol. The van der Waals surface area contributed by atoms with Crippen molar-refractivity contribution < 1.29 is 13.6 Å². The largest absolute Gasteiger partial charge is 0.354 e. The molecule has 0 spiro atoms. The first kappa shape index (κ1) is 21.0. The highest BCUT2D eigenvalue weighted by atomic mass is 32.2. The van der Waals surface area contributed by atoms with Crippen molar-refractivity contribution >= 4 is 29.2 Å². The summed E-state index contributed by atoms with van der Waals surface area (Å²) in [7, 11) is 0. The van der Waals surface area contributed by atoms with Crippen LogP contribution in [0.15, 0.2) is 29.2 Å². The van der Waals surface area contributed by atoms with E-state index in [9.17, 15) is 13.6 Å². The van der Waals surface area contributed by atoms with Crippen LogP contribution in [-0.4, -0.2) is 41.4 Å². The highest BCUT2D eigenvalue weighted by Gasteiger charge is 2.35. The van der Waals surface area contributed by atoms with Gasteiger partial charge in [0, 0.05) is 42.4 Å². The van der Waals surface area contributed by atoms with Crippen molar-refractivity contribution in [2.45, 2.75) is 55.8 Å². The van der Waals surface area contributed by atoms with Crippen LogP contribution in [0.1, 0.15) is 59.6 Å². The molecule has 4 rings (SSSR count). The molecule has 0 atom stereocenters. The van der Waals surface area contributed by atoms with Crippen LogP contribution in [0.2, 0.25) is 0 Å². The predicted octanol–water partition coefficient (Wildman–Crippen LogP) is 5.26. The van der Waals surface area contributed by atoms with E-state index in [4.69, 9.17) is 0 Å². The van der Waals surface area contributed by atoms with Gasteiger partial charge in [0.05, 0.1) is 11.3 Å². The third kappa shape index (κ3) is 4.58. The third-order valence-electron chi connectivity index (χ3n) is 5.77. The van der Waals surface area contributed by atoms with E-state index >= 15 is 0 Å². The van der Waals surface area contributed by atoms with Crippen molar-refractivity contribution in [3.63, 3.8) is 0 Å². The molecule has 1 saturated heterocycles. The van der Waals surface area contributed by atoms with Crippen molar-refractivity contribution in [3.8, 4) is 0 Å². The van der Waals surface area contributed by atoms with E-state index in [0.717, 1.165) is 29.0 Å². The molecule has 1 aliphatic carbocycles. The van der Waals surface area contributed by atoms with E-state index in [-0.39, 0.29) is 25.3 Å². The van der Waals surface area contributed by atoms with Crippen molar-refractivity contribution in [3.05, 3.63) is 41.1 Å². The highest BCUT2D eigenvalue weighted by Crippen LogP contribution is 2.42. The Kier molecular flexibility index (Phi) is 5.95. The Morgan fingerprint density at radius 1 is 1.23 bits per heavy atom. The van der Waals surface area contributed by atoms with Gasteiger partial charge in [-0.1, -0.05) is 6.07 Å². The SMILES string of the molecule is CSc1cccc(NC(=O)c2c(N3CCCC(F)(F)CC3)nnc(C3CC3)c2C)c1. The number of alkyl halides is 2. The Morgan fingerprint density at radius 2 is 2.03 bits per heavy atom.